The Morgan fingerprint density at radius 1 is 0.956 bits per heavy atom. The van der Waals surface area contributed by atoms with E-state index in [0.29, 0.717) is 43.5 Å². The highest BCUT2D eigenvalue weighted by Gasteiger charge is 2.31. The highest BCUT2D eigenvalue weighted by Crippen LogP contribution is 2.24. The Labute approximate surface area is 265 Å². The predicted octanol–water partition coefficient (Wildman–Crippen LogP) is 4.09. The van der Waals surface area contributed by atoms with Gasteiger partial charge in [0.05, 0.1) is 11.5 Å². The average Bonchev–Trinajstić information content (AvgIpc) is 3.44. The first-order valence-electron chi connectivity index (χ1n) is 15.3. The van der Waals surface area contributed by atoms with Crippen LogP contribution in [0.2, 0.25) is 0 Å². The number of hydrogen-bond acceptors (Lipinski definition) is 6. The van der Waals surface area contributed by atoms with Gasteiger partial charge in [0.2, 0.25) is 15.9 Å². The molecule has 2 amide bonds. The number of para-hydroxylation sites is 1. The third-order valence-corrected chi connectivity index (χ3v) is 9.60. The van der Waals surface area contributed by atoms with Crippen molar-refractivity contribution >= 4 is 38.4 Å². The molecule has 0 unspecified atom stereocenters. The molecule has 45 heavy (non-hydrogen) atoms. The van der Waals surface area contributed by atoms with E-state index in [1.165, 1.54) is 16.4 Å². The summed E-state index contributed by atoms with van der Waals surface area (Å²) in [6.07, 6.45) is 3.70. The minimum Gasteiger partial charge on any atom is -0.399 e. The number of anilines is 1. The van der Waals surface area contributed by atoms with E-state index in [2.05, 4.69) is 15.6 Å². The van der Waals surface area contributed by atoms with Gasteiger partial charge in [0, 0.05) is 53.9 Å². The maximum Gasteiger partial charge on any atom is 0.251 e. The number of unbranched alkanes of at least 4 members (excludes halogenated alkanes) is 1. The first kappa shape index (κ1) is 33.7. The van der Waals surface area contributed by atoms with Crippen molar-refractivity contribution < 1.29 is 23.1 Å². The monoisotopic (exact) mass is 633 g/mol. The number of hydrogen-bond donors (Lipinski definition) is 5. The quantitative estimate of drug-likeness (QED) is 0.0924. The summed E-state index contributed by atoms with van der Waals surface area (Å²) in [7, 11) is -3.86. The van der Waals surface area contributed by atoms with Gasteiger partial charge in [-0.1, -0.05) is 56.7 Å². The van der Waals surface area contributed by atoms with Crippen molar-refractivity contribution in [2.45, 2.75) is 56.5 Å². The molecule has 3 aromatic carbocycles. The zero-order chi connectivity index (χ0) is 32.4. The van der Waals surface area contributed by atoms with Crippen LogP contribution in [0.4, 0.5) is 5.69 Å². The van der Waals surface area contributed by atoms with Crippen molar-refractivity contribution in [1.82, 2.24) is 19.9 Å². The number of nitrogen functional groups attached to an aromatic ring is 1. The molecule has 0 saturated heterocycles. The third kappa shape index (κ3) is 8.93. The van der Waals surface area contributed by atoms with E-state index in [4.69, 9.17) is 5.73 Å². The molecule has 0 saturated carbocycles. The minimum absolute atomic E-state index is 0.0436. The average molecular weight is 634 g/mol. The summed E-state index contributed by atoms with van der Waals surface area (Å²) in [4.78, 5) is 29.7. The second-order valence-electron chi connectivity index (χ2n) is 11.6. The Morgan fingerprint density at radius 3 is 2.33 bits per heavy atom. The molecule has 1 heterocycles. The topological polar surface area (TPSA) is 158 Å². The summed E-state index contributed by atoms with van der Waals surface area (Å²) in [5.74, 6) is -0.605. The molecule has 0 aliphatic rings. The number of carbonyl (C=O) groups excluding carboxylic acids is 2. The summed E-state index contributed by atoms with van der Waals surface area (Å²) < 4.78 is 28.4. The van der Waals surface area contributed by atoms with Gasteiger partial charge in [0.1, 0.15) is 6.04 Å². The van der Waals surface area contributed by atoms with Crippen LogP contribution < -0.4 is 16.4 Å². The van der Waals surface area contributed by atoms with Crippen molar-refractivity contribution in [3.8, 4) is 0 Å². The molecule has 0 aliphatic carbocycles. The van der Waals surface area contributed by atoms with Gasteiger partial charge in [0.25, 0.3) is 5.91 Å². The van der Waals surface area contributed by atoms with Crippen molar-refractivity contribution in [3.63, 3.8) is 0 Å². The molecule has 0 radical (unpaired) electrons. The zero-order valence-corrected chi connectivity index (χ0v) is 26.6. The molecule has 1 aromatic heterocycles. The zero-order valence-electron chi connectivity index (χ0n) is 25.8. The summed E-state index contributed by atoms with van der Waals surface area (Å²) in [5.41, 5.74) is 8.54. The van der Waals surface area contributed by atoms with Crippen molar-refractivity contribution in [2.24, 2.45) is 5.92 Å². The lowest BCUT2D eigenvalue weighted by Gasteiger charge is -2.31. The van der Waals surface area contributed by atoms with Crippen molar-refractivity contribution in [2.75, 3.05) is 25.4 Å². The van der Waals surface area contributed by atoms with Crippen LogP contribution in [0.5, 0.6) is 0 Å². The Hall–Kier alpha value is -4.19. The number of H-pyrrole nitrogens is 1. The highest BCUT2D eigenvalue weighted by atomic mass is 32.2. The smallest absolute Gasteiger partial charge is 0.251 e. The molecule has 0 aliphatic heterocycles. The van der Waals surface area contributed by atoms with Crippen LogP contribution in [0, 0.1) is 5.92 Å². The SMILES string of the molecule is CC(C)CN([C@H](CO)CCCCNC(=O)[C@H](Cc1c[nH]c2ccccc12)NC(=O)c1ccccc1)S(=O)(=O)c1ccc(N)cc1. The van der Waals surface area contributed by atoms with E-state index in [-0.39, 0.29) is 35.8 Å². The van der Waals surface area contributed by atoms with Crippen LogP contribution in [0.25, 0.3) is 10.9 Å². The van der Waals surface area contributed by atoms with Crippen LogP contribution in [0.15, 0.2) is 90.0 Å². The Kier molecular flexibility index (Phi) is 11.8. The van der Waals surface area contributed by atoms with Crippen LogP contribution >= 0.6 is 0 Å². The van der Waals surface area contributed by atoms with Crippen molar-refractivity contribution in [3.05, 3.63) is 96.2 Å². The second kappa shape index (κ2) is 15.7. The molecule has 10 nitrogen and oxygen atoms in total. The third-order valence-electron chi connectivity index (χ3n) is 7.67. The molecule has 0 spiro atoms. The van der Waals surface area contributed by atoms with Crippen LogP contribution in [0.1, 0.15) is 49.0 Å². The largest absolute Gasteiger partial charge is 0.399 e. The summed E-state index contributed by atoms with van der Waals surface area (Å²) >= 11 is 0. The number of fused-ring (bicyclic) bond motifs is 1. The molecule has 2 atom stereocenters. The van der Waals surface area contributed by atoms with Crippen LogP contribution in [-0.4, -0.2) is 66.4 Å². The van der Waals surface area contributed by atoms with Crippen LogP contribution in [-0.2, 0) is 21.2 Å². The van der Waals surface area contributed by atoms with Gasteiger partial charge in [-0.05, 0) is 66.8 Å². The van der Waals surface area contributed by atoms with Gasteiger partial charge in [-0.3, -0.25) is 9.59 Å². The van der Waals surface area contributed by atoms with Gasteiger partial charge in [-0.15, -0.1) is 0 Å². The van der Waals surface area contributed by atoms with E-state index in [9.17, 15) is 23.1 Å². The van der Waals surface area contributed by atoms with E-state index >= 15 is 0 Å². The number of nitrogens with one attached hydrogen (secondary N) is 3. The number of benzene rings is 3. The first-order valence-corrected chi connectivity index (χ1v) is 16.7. The van der Waals surface area contributed by atoms with Gasteiger partial charge < -0.3 is 26.5 Å². The highest BCUT2D eigenvalue weighted by molar-refractivity contribution is 7.89. The molecule has 240 valence electrons. The molecular weight excluding hydrogens is 590 g/mol. The maximum absolute atomic E-state index is 13.5. The Balaban J connectivity index is 1.38. The number of rotatable bonds is 16. The molecule has 4 aromatic rings. The van der Waals surface area contributed by atoms with E-state index in [1.807, 2.05) is 50.4 Å². The van der Waals surface area contributed by atoms with Gasteiger partial charge in [-0.2, -0.15) is 4.31 Å². The van der Waals surface area contributed by atoms with Crippen molar-refractivity contribution in [1.29, 1.82) is 0 Å². The lowest BCUT2D eigenvalue weighted by Crippen LogP contribution is -2.48. The standard InChI is InChI=1S/C34H43N5O5S/c1-24(2)22-39(45(43,44)29-17-15-27(35)16-18-29)28(23-40)12-8-9-19-36-34(42)32(38-33(41)25-10-4-3-5-11-25)20-26-21-37-31-14-7-6-13-30(26)31/h3-7,10-11,13-18,21,24,28,32,37,40H,8-9,12,19-20,22-23,35H2,1-2H3,(H,36,42)(H,38,41)/t28-,32-/m0/s1. The Bertz CT molecular complexity index is 1660. The fourth-order valence-electron chi connectivity index (χ4n) is 5.31. The van der Waals surface area contributed by atoms with Crippen LogP contribution in [0.3, 0.4) is 0 Å². The summed E-state index contributed by atoms with van der Waals surface area (Å²) in [5, 5.41) is 17.0. The number of amides is 2. The summed E-state index contributed by atoms with van der Waals surface area (Å²) in [6, 6.07) is 21.2. The molecular formula is C34H43N5O5S. The Morgan fingerprint density at radius 2 is 1.64 bits per heavy atom. The van der Waals surface area contributed by atoms with Gasteiger partial charge in [0.15, 0.2) is 0 Å². The number of carbonyl (C=O) groups is 2. The predicted molar refractivity (Wildman–Crippen MR) is 177 cm³/mol. The molecule has 0 fully saturated rings. The maximum atomic E-state index is 13.5. The lowest BCUT2D eigenvalue weighted by molar-refractivity contribution is -0.122. The number of sulfonamides is 1. The number of aromatic nitrogens is 1. The summed E-state index contributed by atoms with van der Waals surface area (Å²) in [6.45, 7) is 4.12. The normalized spacial score (nSPS) is 13.2. The molecule has 11 heteroatoms. The van der Waals surface area contributed by atoms with E-state index in [0.717, 1.165) is 16.5 Å². The number of nitrogens with two attached hydrogens (primary N) is 1. The number of aliphatic hydroxyl groups excluding tert-OH is 1. The minimum atomic E-state index is -3.86. The second-order valence-corrected chi connectivity index (χ2v) is 13.5. The fourth-order valence-corrected chi connectivity index (χ4v) is 7.12. The fraction of sp³-hybridized carbons (Fsp3) is 0.353. The lowest BCUT2D eigenvalue weighted by atomic mass is 10.0. The van der Waals surface area contributed by atoms with E-state index < -0.39 is 22.1 Å². The molecule has 4 rings (SSSR count). The van der Waals surface area contributed by atoms with Gasteiger partial charge in [-0.25, -0.2) is 8.42 Å². The molecule has 0 bridgehead atoms. The first-order chi connectivity index (χ1) is 21.6. The molecule has 6 N–H and O–H groups in total. The number of aliphatic hydroxyl groups is 1. The number of aromatic amines is 1. The number of nitrogens with zero attached hydrogens (tertiary/aromatic N) is 1. The van der Waals surface area contributed by atoms with Gasteiger partial charge >= 0.3 is 0 Å². The van der Waals surface area contributed by atoms with E-state index in [1.54, 1.807) is 36.4 Å².